The summed E-state index contributed by atoms with van der Waals surface area (Å²) in [6, 6.07) is 4.08. The van der Waals surface area contributed by atoms with Crippen molar-refractivity contribution in [3.8, 4) is 0 Å². The van der Waals surface area contributed by atoms with Crippen LogP contribution in [0.4, 0.5) is 0 Å². The van der Waals surface area contributed by atoms with Gasteiger partial charge in [0.15, 0.2) is 0 Å². The lowest BCUT2D eigenvalue weighted by Gasteiger charge is -2.16. The topological polar surface area (TPSA) is 16.1 Å². The summed E-state index contributed by atoms with van der Waals surface area (Å²) in [5.74, 6) is 0. The van der Waals surface area contributed by atoms with E-state index in [1.165, 1.54) is 5.56 Å². The van der Waals surface area contributed by atoms with E-state index in [2.05, 4.69) is 16.9 Å². The zero-order valence-corrected chi connectivity index (χ0v) is 9.54. The molecule has 0 aliphatic carbocycles. The molecule has 2 nitrogen and oxygen atoms in total. The summed E-state index contributed by atoms with van der Waals surface area (Å²) < 4.78 is 0. The van der Waals surface area contributed by atoms with Gasteiger partial charge in [0.2, 0.25) is 0 Å². The van der Waals surface area contributed by atoms with Crippen molar-refractivity contribution in [3.63, 3.8) is 0 Å². The van der Waals surface area contributed by atoms with Gasteiger partial charge in [-0.15, -0.1) is 11.6 Å². The van der Waals surface area contributed by atoms with E-state index < -0.39 is 0 Å². The summed E-state index contributed by atoms with van der Waals surface area (Å²) in [5.41, 5.74) is 1.30. The minimum Gasteiger partial charge on any atom is -0.302 e. The van der Waals surface area contributed by atoms with Crippen LogP contribution < -0.4 is 0 Å². The van der Waals surface area contributed by atoms with Crippen LogP contribution >= 0.6 is 11.6 Å². The van der Waals surface area contributed by atoms with Crippen LogP contribution in [0.3, 0.4) is 0 Å². The summed E-state index contributed by atoms with van der Waals surface area (Å²) in [4.78, 5) is 6.26. The zero-order chi connectivity index (χ0) is 10.4. The minimum atomic E-state index is 0.259. The Hall–Kier alpha value is -0.600. The molecule has 0 N–H and O–H groups in total. The fourth-order valence-electron chi connectivity index (χ4n) is 1.28. The van der Waals surface area contributed by atoms with Crippen molar-refractivity contribution < 1.29 is 0 Å². The second-order valence-corrected chi connectivity index (χ2v) is 4.41. The Kier molecular flexibility index (Phi) is 4.91. The van der Waals surface area contributed by atoms with Crippen LogP contribution in [-0.2, 0) is 6.54 Å². The lowest BCUT2D eigenvalue weighted by Crippen LogP contribution is -2.20. The van der Waals surface area contributed by atoms with Crippen molar-refractivity contribution in [2.75, 3.05) is 13.6 Å². The lowest BCUT2D eigenvalue weighted by molar-refractivity contribution is 0.321. The van der Waals surface area contributed by atoms with Crippen LogP contribution in [0.25, 0.3) is 0 Å². The Labute approximate surface area is 90.9 Å². The summed E-state index contributed by atoms with van der Waals surface area (Å²) in [6.07, 6.45) is 4.68. The standard InChI is InChI=1S/C11H17ClN2/c1-10(12)5-8-14(2)9-11-3-6-13-7-4-11/h3-4,6-7,10H,5,8-9H2,1-2H3. The molecule has 0 fully saturated rings. The number of aromatic nitrogens is 1. The number of pyridine rings is 1. The summed E-state index contributed by atoms with van der Waals surface area (Å²) >= 11 is 5.89. The van der Waals surface area contributed by atoms with E-state index in [4.69, 9.17) is 11.6 Å². The predicted molar refractivity (Wildman–Crippen MR) is 60.5 cm³/mol. The molecule has 1 aromatic rings. The second kappa shape index (κ2) is 5.99. The average molecular weight is 213 g/mol. The van der Waals surface area contributed by atoms with E-state index >= 15 is 0 Å². The summed E-state index contributed by atoms with van der Waals surface area (Å²) in [6.45, 7) is 4.03. The normalized spacial score (nSPS) is 13.1. The zero-order valence-electron chi connectivity index (χ0n) is 8.78. The molecular formula is C11H17ClN2. The summed E-state index contributed by atoms with van der Waals surface area (Å²) in [7, 11) is 2.11. The Morgan fingerprint density at radius 1 is 1.43 bits per heavy atom. The Balaban J connectivity index is 2.30. The average Bonchev–Trinajstić information content (AvgIpc) is 2.16. The van der Waals surface area contributed by atoms with E-state index in [1.807, 2.05) is 31.5 Å². The fourth-order valence-corrected chi connectivity index (χ4v) is 1.37. The first-order valence-corrected chi connectivity index (χ1v) is 5.33. The van der Waals surface area contributed by atoms with Gasteiger partial charge in [-0.1, -0.05) is 0 Å². The van der Waals surface area contributed by atoms with Crippen LogP contribution in [0.2, 0.25) is 0 Å². The van der Waals surface area contributed by atoms with Gasteiger partial charge in [0.1, 0.15) is 0 Å². The van der Waals surface area contributed by atoms with Gasteiger partial charge in [-0.2, -0.15) is 0 Å². The van der Waals surface area contributed by atoms with Crippen molar-refractivity contribution >= 4 is 11.6 Å². The maximum absolute atomic E-state index is 5.89. The molecule has 1 aromatic heterocycles. The predicted octanol–water partition coefficient (Wildman–Crippen LogP) is 2.53. The van der Waals surface area contributed by atoms with Gasteiger partial charge in [-0.05, 0) is 44.6 Å². The Morgan fingerprint density at radius 3 is 2.64 bits per heavy atom. The van der Waals surface area contributed by atoms with E-state index in [1.54, 1.807) is 0 Å². The van der Waals surface area contributed by atoms with E-state index in [9.17, 15) is 0 Å². The monoisotopic (exact) mass is 212 g/mol. The number of hydrogen-bond donors (Lipinski definition) is 0. The van der Waals surface area contributed by atoms with Crippen molar-refractivity contribution in [1.29, 1.82) is 0 Å². The second-order valence-electron chi connectivity index (χ2n) is 3.66. The van der Waals surface area contributed by atoms with Crippen LogP contribution in [-0.4, -0.2) is 28.9 Å². The first kappa shape index (κ1) is 11.5. The lowest BCUT2D eigenvalue weighted by atomic mass is 10.2. The molecule has 78 valence electrons. The summed E-state index contributed by atoms with van der Waals surface area (Å²) in [5, 5.41) is 0.259. The fraction of sp³-hybridized carbons (Fsp3) is 0.545. The number of nitrogens with zero attached hydrogens (tertiary/aromatic N) is 2. The maximum atomic E-state index is 5.89. The van der Waals surface area contributed by atoms with Crippen LogP contribution in [0.15, 0.2) is 24.5 Å². The highest BCUT2D eigenvalue weighted by Gasteiger charge is 2.02. The molecule has 1 atom stereocenters. The molecule has 3 heteroatoms. The van der Waals surface area contributed by atoms with Crippen molar-refractivity contribution in [1.82, 2.24) is 9.88 Å². The molecule has 0 aliphatic heterocycles. The van der Waals surface area contributed by atoms with E-state index in [0.717, 1.165) is 19.5 Å². The number of rotatable bonds is 5. The van der Waals surface area contributed by atoms with Gasteiger partial charge in [0.05, 0.1) is 0 Å². The van der Waals surface area contributed by atoms with Gasteiger partial charge in [-0.3, -0.25) is 4.98 Å². The van der Waals surface area contributed by atoms with Gasteiger partial charge >= 0.3 is 0 Å². The molecular weight excluding hydrogens is 196 g/mol. The van der Waals surface area contributed by atoms with Crippen molar-refractivity contribution in [2.45, 2.75) is 25.3 Å². The van der Waals surface area contributed by atoms with Gasteiger partial charge in [-0.25, -0.2) is 0 Å². The molecule has 1 unspecified atom stereocenters. The smallest absolute Gasteiger partial charge is 0.0320 e. The number of hydrogen-bond acceptors (Lipinski definition) is 2. The van der Waals surface area contributed by atoms with Gasteiger partial charge in [0, 0.05) is 24.3 Å². The highest BCUT2D eigenvalue weighted by Crippen LogP contribution is 2.05. The minimum absolute atomic E-state index is 0.259. The SMILES string of the molecule is CC(Cl)CCN(C)Cc1ccncc1. The molecule has 0 radical (unpaired) electrons. The quantitative estimate of drug-likeness (QED) is 0.698. The highest BCUT2D eigenvalue weighted by molar-refractivity contribution is 6.20. The molecule has 0 aromatic carbocycles. The van der Waals surface area contributed by atoms with Gasteiger partial charge in [0.25, 0.3) is 0 Å². The van der Waals surface area contributed by atoms with Crippen molar-refractivity contribution in [2.24, 2.45) is 0 Å². The molecule has 0 amide bonds. The molecule has 1 heterocycles. The van der Waals surface area contributed by atoms with E-state index in [0.29, 0.717) is 0 Å². The molecule has 0 bridgehead atoms. The van der Waals surface area contributed by atoms with Crippen LogP contribution in [0.5, 0.6) is 0 Å². The highest BCUT2D eigenvalue weighted by atomic mass is 35.5. The molecule has 1 rings (SSSR count). The van der Waals surface area contributed by atoms with E-state index in [-0.39, 0.29) is 5.38 Å². The molecule has 0 saturated carbocycles. The largest absolute Gasteiger partial charge is 0.302 e. The van der Waals surface area contributed by atoms with Crippen LogP contribution in [0.1, 0.15) is 18.9 Å². The van der Waals surface area contributed by atoms with Crippen LogP contribution in [0, 0.1) is 0 Å². The first-order chi connectivity index (χ1) is 6.68. The third-order valence-corrected chi connectivity index (χ3v) is 2.33. The van der Waals surface area contributed by atoms with Crippen molar-refractivity contribution in [3.05, 3.63) is 30.1 Å². The third-order valence-electron chi connectivity index (χ3n) is 2.11. The Bertz CT molecular complexity index is 249. The first-order valence-electron chi connectivity index (χ1n) is 4.90. The maximum Gasteiger partial charge on any atom is 0.0320 e. The molecule has 0 saturated heterocycles. The third kappa shape index (κ3) is 4.58. The molecule has 0 aliphatic rings. The Morgan fingerprint density at radius 2 is 2.07 bits per heavy atom. The molecule has 14 heavy (non-hydrogen) atoms. The molecule has 0 spiro atoms. The van der Waals surface area contributed by atoms with Gasteiger partial charge < -0.3 is 4.90 Å². The number of halogens is 1. The number of alkyl halides is 1.